The number of ether oxygens (including phenoxy) is 2. The molecule has 0 unspecified atom stereocenters. The zero-order valence-electron chi connectivity index (χ0n) is 18.5. The molecule has 0 bridgehead atoms. The molecule has 0 saturated heterocycles. The Balaban J connectivity index is 1.83. The zero-order valence-corrected chi connectivity index (χ0v) is 18.5. The third kappa shape index (κ3) is 6.69. The van der Waals surface area contributed by atoms with E-state index in [1.807, 2.05) is 6.07 Å². The lowest BCUT2D eigenvalue weighted by Crippen LogP contribution is -2.55. The van der Waals surface area contributed by atoms with Gasteiger partial charge in [0.15, 0.2) is 6.04 Å². The third-order valence-corrected chi connectivity index (χ3v) is 4.33. The average Bonchev–Trinajstić information content (AvgIpc) is 3.21. The van der Waals surface area contributed by atoms with Crippen molar-refractivity contribution in [2.24, 2.45) is 0 Å². The first-order valence-corrected chi connectivity index (χ1v) is 10.3. The molecule has 12 nitrogen and oxygen atoms in total. The Hall–Kier alpha value is -4.61. The van der Waals surface area contributed by atoms with Gasteiger partial charge in [-0.15, -0.1) is 0 Å². The molecular formula is C22H24N6O6. The first-order valence-electron chi connectivity index (χ1n) is 10.3. The Bertz CT molecular complexity index is 1120. The summed E-state index contributed by atoms with van der Waals surface area (Å²) in [5.74, 6) is -0.492. The molecule has 0 aliphatic carbocycles. The van der Waals surface area contributed by atoms with Crippen LogP contribution in [-0.2, 0) is 20.7 Å². The molecule has 3 rings (SSSR count). The first kappa shape index (κ1) is 24.0. The van der Waals surface area contributed by atoms with Crippen LogP contribution >= 0.6 is 0 Å². The van der Waals surface area contributed by atoms with Crippen LogP contribution < -0.4 is 21.2 Å². The van der Waals surface area contributed by atoms with E-state index in [0.717, 1.165) is 10.6 Å². The number of hydrogen-bond donors (Lipinski definition) is 3. The highest BCUT2D eigenvalue weighted by atomic mass is 16.6. The molecule has 0 aliphatic rings. The number of carbonyl (C=O) groups excluding carboxylic acids is 3. The van der Waals surface area contributed by atoms with E-state index in [0.29, 0.717) is 5.69 Å². The summed E-state index contributed by atoms with van der Waals surface area (Å²) < 4.78 is 15.4. The number of carbonyl (C=O) groups is 3. The first-order chi connectivity index (χ1) is 16.4. The molecule has 2 amide bonds. The number of amides is 2. The fourth-order valence-electron chi connectivity index (χ4n) is 2.94. The number of hydrogen-bond acceptors (Lipinski definition) is 10. The van der Waals surface area contributed by atoms with Crippen molar-refractivity contribution in [2.45, 2.75) is 32.4 Å². The number of nitrogens with two attached hydrogens (primary N) is 1. The molecule has 3 aromatic rings. The second-order valence-electron chi connectivity index (χ2n) is 7.29. The van der Waals surface area contributed by atoms with Crippen LogP contribution in [0.15, 0.2) is 59.1 Å². The minimum absolute atomic E-state index is 0.0633. The number of anilines is 3. The standard InChI is InChI=1S/C22H24N6O6/c1-14(2)32-22(31)28(24-13-29)18(11-15-7-4-3-5-8-15)19(30)33-17-10-6-9-16(12-17)25-21-26-20(23)34-27-21/h3-10,12-14,18H,11H2,1-2H3,(H,24,29)(H3,23,25,26,27)/t18-/m0/s1. The molecule has 1 atom stereocenters. The molecule has 4 N–H and O–H groups in total. The molecule has 0 aliphatic heterocycles. The van der Waals surface area contributed by atoms with Gasteiger partial charge in [-0.2, -0.15) is 4.98 Å². The Morgan fingerprint density at radius 1 is 1.18 bits per heavy atom. The SMILES string of the molecule is CC(C)OC(=O)N(NC=O)[C@@H](Cc1ccccc1)C(=O)Oc1cccc(Nc2noc(N)n2)c1. The fourth-order valence-corrected chi connectivity index (χ4v) is 2.94. The topological polar surface area (TPSA) is 162 Å². The summed E-state index contributed by atoms with van der Waals surface area (Å²) in [7, 11) is 0. The number of nitrogens with zero attached hydrogens (tertiary/aromatic N) is 3. The van der Waals surface area contributed by atoms with Crippen LogP contribution in [0.5, 0.6) is 5.75 Å². The molecular weight excluding hydrogens is 444 g/mol. The van der Waals surface area contributed by atoms with Crippen molar-refractivity contribution in [1.29, 1.82) is 0 Å². The van der Waals surface area contributed by atoms with Crippen molar-refractivity contribution in [3.8, 4) is 5.75 Å². The summed E-state index contributed by atoms with van der Waals surface area (Å²) in [5, 5.41) is 7.31. The predicted molar refractivity (Wildman–Crippen MR) is 121 cm³/mol. The number of esters is 1. The number of nitrogen functional groups attached to an aromatic ring is 1. The lowest BCUT2D eigenvalue weighted by molar-refractivity contribution is -0.141. The van der Waals surface area contributed by atoms with E-state index in [9.17, 15) is 14.4 Å². The van der Waals surface area contributed by atoms with Gasteiger partial charge in [0.25, 0.3) is 5.95 Å². The van der Waals surface area contributed by atoms with Gasteiger partial charge < -0.3 is 25.0 Å². The quantitative estimate of drug-likeness (QED) is 0.174. The third-order valence-electron chi connectivity index (χ3n) is 4.33. The van der Waals surface area contributed by atoms with Crippen LogP contribution in [0.2, 0.25) is 0 Å². The molecule has 178 valence electrons. The van der Waals surface area contributed by atoms with Gasteiger partial charge in [0.1, 0.15) is 5.75 Å². The van der Waals surface area contributed by atoms with Crippen molar-refractivity contribution in [2.75, 3.05) is 11.1 Å². The number of nitrogens with one attached hydrogen (secondary N) is 2. The molecule has 1 heterocycles. The minimum atomic E-state index is -1.22. The number of aromatic nitrogens is 2. The Kier molecular flexibility index (Phi) is 8.00. The van der Waals surface area contributed by atoms with Crippen molar-refractivity contribution >= 4 is 36.1 Å². The van der Waals surface area contributed by atoms with E-state index in [2.05, 4.69) is 20.9 Å². The second kappa shape index (κ2) is 11.3. The number of hydrazine groups is 1. The van der Waals surface area contributed by atoms with E-state index in [1.54, 1.807) is 56.3 Å². The van der Waals surface area contributed by atoms with Crippen LogP contribution in [0.25, 0.3) is 0 Å². The van der Waals surface area contributed by atoms with E-state index >= 15 is 0 Å². The molecule has 1 aromatic heterocycles. The fraction of sp³-hybridized carbons (Fsp3) is 0.227. The van der Waals surface area contributed by atoms with Crippen LogP contribution in [-0.4, -0.2) is 45.8 Å². The van der Waals surface area contributed by atoms with Crippen LogP contribution in [0, 0.1) is 0 Å². The summed E-state index contributed by atoms with van der Waals surface area (Å²) >= 11 is 0. The van der Waals surface area contributed by atoms with Gasteiger partial charge in [0.05, 0.1) is 6.10 Å². The normalized spacial score (nSPS) is 11.4. The molecule has 0 radical (unpaired) electrons. The summed E-state index contributed by atoms with van der Waals surface area (Å²) in [6, 6.07) is 14.1. The number of rotatable bonds is 10. The maximum Gasteiger partial charge on any atom is 0.429 e. The van der Waals surface area contributed by atoms with E-state index in [-0.39, 0.29) is 30.5 Å². The van der Waals surface area contributed by atoms with Gasteiger partial charge in [0, 0.05) is 18.2 Å². The highest BCUT2D eigenvalue weighted by Crippen LogP contribution is 2.22. The van der Waals surface area contributed by atoms with E-state index in [1.165, 1.54) is 6.07 Å². The molecule has 0 fully saturated rings. The van der Waals surface area contributed by atoms with Gasteiger partial charge in [0.2, 0.25) is 6.41 Å². The number of benzene rings is 2. The van der Waals surface area contributed by atoms with Crippen LogP contribution in [0.4, 0.5) is 22.4 Å². The van der Waals surface area contributed by atoms with Crippen molar-refractivity contribution in [3.05, 3.63) is 60.2 Å². The Morgan fingerprint density at radius 3 is 2.59 bits per heavy atom. The maximum atomic E-state index is 13.2. The maximum absolute atomic E-state index is 13.2. The zero-order chi connectivity index (χ0) is 24.5. The van der Waals surface area contributed by atoms with Crippen molar-refractivity contribution < 1.29 is 28.4 Å². The predicted octanol–water partition coefficient (Wildman–Crippen LogP) is 2.42. The smallest absolute Gasteiger partial charge is 0.429 e. The van der Waals surface area contributed by atoms with Gasteiger partial charge in [-0.1, -0.05) is 36.4 Å². The monoisotopic (exact) mass is 468 g/mol. The van der Waals surface area contributed by atoms with Crippen LogP contribution in [0.1, 0.15) is 19.4 Å². The van der Waals surface area contributed by atoms with E-state index in [4.69, 9.17) is 19.7 Å². The van der Waals surface area contributed by atoms with Gasteiger partial charge >= 0.3 is 18.1 Å². The lowest BCUT2D eigenvalue weighted by Gasteiger charge is -2.29. The molecule has 34 heavy (non-hydrogen) atoms. The van der Waals surface area contributed by atoms with Crippen molar-refractivity contribution in [3.63, 3.8) is 0 Å². The summed E-state index contributed by atoms with van der Waals surface area (Å²) in [5.41, 5.74) is 8.89. The Labute approximate surface area is 195 Å². The minimum Gasteiger partial charge on any atom is -0.445 e. The molecule has 12 heteroatoms. The summed E-state index contributed by atoms with van der Waals surface area (Å²) in [6.45, 7) is 3.30. The molecule has 2 aromatic carbocycles. The lowest BCUT2D eigenvalue weighted by atomic mass is 10.1. The average molecular weight is 468 g/mol. The summed E-state index contributed by atoms with van der Waals surface area (Å²) in [6.07, 6.45) is -1.02. The molecule has 0 spiro atoms. The van der Waals surface area contributed by atoms with Gasteiger partial charge in [-0.3, -0.25) is 10.2 Å². The van der Waals surface area contributed by atoms with Gasteiger partial charge in [-0.05, 0) is 36.7 Å². The van der Waals surface area contributed by atoms with Crippen molar-refractivity contribution in [1.82, 2.24) is 20.6 Å². The van der Waals surface area contributed by atoms with E-state index < -0.39 is 24.2 Å². The van der Waals surface area contributed by atoms with Gasteiger partial charge in [-0.25, -0.2) is 14.6 Å². The van der Waals surface area contributed by atoms with Crippen LogP contribution in [0.3, 0.4) is 0 Å². The largest absolute Gasteiger partial charge is 0.445 e. The highest BCUT2D eigenvalue weighted by molar-refractivity contribution is 5.84. The second-order valence-corrected chi connectivity index (χ2v) is 7.29. The summed E-state index contributed by atoms with van der Waals surface area (Å²) in [4.78, 5) is 40.9. The Morgan fingerprint density at radius 2 is 1.94 bits per heavy atom. The molecule has 0 saturated carbocycles. The highest BCUT2D eigenvalue weighted by Gasteiger charge is 2.34.